The number of nitrogens with zero attached hydrogens (tertiary/aromatic N) is 1. The van der Waals surface area contributed by atoms with Gasteiger partial charge in [-0.3, -0.25) is 19.3 Å². The first-order valence-corrected chi connectivity index (χ1v) is 10.9. The second-order valence-electron chi connectivity index (χ2n) is 7.66. The summed E-state index contributed by atoms with van der Waals surface area (Å²) in [5, 5.41) is 2.18. The van der Waals surface area contributed by atoms with Crippen molar-refractivity contribution in [2.45, 2.75) is 13.8 Å². The molecule has 2 aromatic carbocycles. The number of imide groups is 1. The number of rotatable bonds is 7. The molecule has 0 saturated carbocycles. The number of anilines is 1. The fourth-order valence-corrected chi connectivity index (χ4v) is 3.87. The number of amides is 3. The molecule has 1 fully saturated rings. The number of nitrogens with one attached hydrogen (secondary N) is 1. The van der Waals surface area contributed by atoms with Crippen molar-refractivity contribution >= 4 is 40.6 Å². The van der Waals surface area contributed by atoms with E-state index in [2.05, 4.69) is 19.2 Å². The molecule has 166 valence electrons. The van der Waals surface area contributed by atoms with Crippen molar-refractivity contribution < 1.29 is 28.6 Å². The highest BCUT2D eigenvalue weighted by molar-refractivity contribution is 8.18. The van der Waals surface area contributed by atoms with Crippen molar-refractivity contribution in [3.63, 3.8) is 0 Å². The zero-order chi connectivity index (χ0) is 22.7. The van der Waals surface area contributed by atoms with Crippen LogP contribution in [-0.2, 0) is 9.59 Å². The molecule has 2 heterocycles. The molecule has 2 aromatic rings. The number of hydrogen-bond donors (Lipinski definition) is 1. The van der Waals surface area contributed by atoms with E-state index in [-0.39, 0.29) is 18.2 Å². The smallest absolute Gasteiger partial charge is 0.294 e. The quantitative estimate of drug-likeness (QED) is 0.629. The maximum Gasteiger partial charge on any atom is 0.294 e. The minimum atomic E-state index is -0.499. The molecular formula is C23H22N2O6S. The first-order valence-electron chi connectivity index (χ1n) is 10.1. The van der Waals surface area contributed by atoms with E-state index in [0.29, 0.717) is 29.7 Å². The molecule has 2 aliphatic rings. The van der Waals surface area contributed by atoms with Gasteiger partial charge < -0.3 is 19.5 Å². The third-order valence-corrected chi connectivity index (χ3v) is 5.50. The minimum Gasteiger partial charge on any atom is -0.493 e. The Kier molecular flexibility index (Phi) is 6.36. The maximum atomic E-state index is 12.7. The number of carbonyl (C=O) groups excluding carboxylic acids is 3. The van der Waals surface area contributed by atoms with E-state index in [1.165, 1.54) is 0 Å². The summed E-state index contributed by atoms with van der Waals surface area (Å²) in [4.78, 5) is 38.6. The van der Waals surface area contributed by atoms with Gasteiger partial charge in [0, 0.05) is 11.8 Å². The second-order valence-corrected chi connectivity index (χ2v) is 8.65. The van der Waals surface area contributed by atoms with Crippen LogP contribution in [0.15, 0.2) is 47.4 Å². The Morgan fingerprint density at radius 2 is 1.91 bits per heavy atom. The van der Waals surface area contributed by atoms with Crippen molar-refractivity contribution in [2.24, 2.45) is 5.92 Å². The largest absolute Gasteiger partial charge is 0.493 e. The summed E-state index contributed by atoms with van der Waals surface area (Å²) in [6, 6.07) is 12.2. The van der Waals surface area contributed by atoms with Crippen LogP contribution in [0, 0.1) is 5.92 Å². The van der Waals surface area contributed by atoms with Gasteiger partial charge in [-0.2, -0.15) is 0 Å². The number of hydrogen-bond acceptors (Lipinski definition) is 7. The van der Waals surface area contributed by atoms with Crippen LogP contribution in [0.1, 0.15) is 19.4 Å². The normalized spacial score (nSPS) is 16.2. The van der Waals surface area contributed by atoms with Gasteiger partial charge in [0.1, 0.15) is 12.3 Å². The van der Waals surface area contributed by atoms with Gasteiger partial charge in [-0.1, -0.05) is 26.0 Å². The molecule has 4 rings (SSSR count). The Bertz CT molecular complexity index is 1080. The van der Waals surface area contributed by atoms with Crippen molar-refractivity contribution in [2.75, 3.05) is 25.3 Å². The van der Waals surface area contributed by atoms with E-state index in [0.717, 1.165) is 28.0 Å². The fourth-order valence-electron chi connectivity index (χ4n) is 3.03. The highest BCUT2D eigenvalue weighted by Gasteiger charge is 2.36. The lowest BCUT2D eigenvalue weighted by atomic mass is 10.2. The summed E-state index contributed by atoms with van der Waals surface area (Å²) in [5.41, 5.74) is 1.25. The van der Waals surface area contributed by atoms with E-state index in [9.17, 15) is 14.4 Å². The summed E-state index contributed by atoms with van der Waals surface area (Å²) in [5.74, 6) is 1.30. The molecule has 0 atom stereocenters. The van der Waals surface area contributed by atoms with E-state index in [1.54, 1.807) is 24.3 Å². The summed E-state index contributed by atoms with van der Waals surface area (Å²) in [6.07, 6.45) is 1.63. The SMILES string of the molecule is CC(C)COc1ccc(/C=C2/SC(=O)N(CC(=O)Nc3ccc4c(c3)OCO4)C2=O)cc1. The molecule has 0 aromatic heterocycles. The lowest BCUT2D eigenvalue weighted by molar-refractivity contribution is -0.127. The molecule has 0 aliphatic carbocycles. The van der Waals surface area contributed by atoms with E-state index in [1.807, 2.05) is 24.3 Å². The van der Waals surface area contributed by atoms with E-state index < -0.39 is 17.1 Å². The molecule has 1 N–H and O–H groups in total. The number of benzene rings is 2. The zero-order valence-electron chi connectivity index (χ0n) is 17.6. The van der Waals surface area contributed by atoms with Crippen molar-refractivity contribution in [1.82, 2.24) is 4.90 Å². The molecule has 0 unspecified atom stereocenters. The molecule has 9 heteroatoms. The van der Waals surface area contributed by atoms with Gasteiger partial charge in [0.05, 0.1) is 11.5 Å². The van der Waals surface area contributed by atoms with E-state index >= 15 is 0 Å². The van der Waals surface area contributed by atoms with Gasteiger partial charge in [-0.25, -0.2) is 0 Å². The van der Waals surface area contributed by atoms with Crippen LogP contribution in [-0.4, -0.2) is 41.9 Å². The first kappa shape index (κ1) is 21.8. The lowest BCUT2D eigenvalue weighted by Crippen LogP contribution is -2.36. The highest BCUT2D eigenvalue weighted by atomic mass is 32.2. The number of carbonyl (C=O) groups is 3. The van der Waals surface area contributed by atoms with E-state index in [4.69, 9.17) is 14.2 Å². The minimum absolute atomic E-state index is 0.129. The average Bonchev–Trinajstić information content (AvgIpc) is 3.33. The summed E-state index contributed by atoms with van der Waals surface area (Å²) in [7, 11) is 0. The number of fused-ring (bicyclic) bond motifs is 1. The predicted molar refractivity (Wildman–Crippen MR) is 121 cm³/mol. The molecule has 0 radical (unpaired) electrons. The van der Waals surface area contributed by atoms with Gasteiger partial charge in [-0.15, -0.1) is 0 Å². The van der Waals surface area contributed by atoms with Crippen LogP contribution < -0.4 is 19.5 Å². The third kappa shape index (κ3) is 5.05. The predicted octanol–water partition coefficient (Wildman–Crippen LogP) is 4.13. The van der Waals surface area contributed by atoms with Gasteiger partial charge in [0.2, 0.25) is 12.7 Å². The van der Waals surface area contributed by atoms with Crippen LogP contribution in [0.5, 0.6) is 17.2 Å². The Balaban J connectivity index is 1.37. The Labute approximate surface area is 189 Å². The van der Waals surface area contributed by atoms with Gasteiger partial charge in [0.15, 0.2) is 11.5 Å². The van der Waals surface area contributed by atoms with Crippen LogP contribution in [0.25, 0.3) is 6.08 Å². The summed E-state index contributed by atoms with van der Waals surface area (Å²) < 4.78 is 16.2. The van der Waals surface area contributed by atoms with Gasteiger partial charge in [-0.05, 0) is 53.6 Å². The number of ether oxygens (including phenoxy) is 3. The second kappa shape index (κ2) is 9.35. The lowest BCUT2D eigenvalue weighted by Gasteiger charge is -2.12. The summed E-state index contributed by atoms with van der Waals surface area (Å²) >= 11 is 0.810. The average molecular weight is 455 g/mol. The van der Waals surface area contributed by atoms with Crippen LogP contribution in [0.4, 0.5) is 10.5 Å². The topological polar surface area (TPSA) is 94.2 Å². The monoisotopic (exact) mass is 454 g/mol. The summed E-state index contributed by atoms with van der Waals surface area (Å²) in [6.45, 7) is 4.51. The zero-order valence-corrected chi connectivity index (χ0v) is 18.4. The maximum absolute atomic E-state index is 12.7. The first-order chi connectivity index (χ1) is 15.4. The molecule has 2 aliphatic heterocycles. The molecular weight excluding hydrogens is 432 g/mol. The molecule has 8 nitrogen and oxygen atoms in total. The van der Waals surface area contributed by atoms with Crippen LogP contribution in [0.2, 0.25) is 0 Å². The van der Waals surface area contributed by atoms with Gasteiger partial charge in [0.25, 0.3) is 11.1 Å². The van der Waals surface area contributed by atoms with Crippen LogP contribution >= 0.6 is 11.8 Å². The Morgan fingerprint density at radius 3 is 2.66 bits per heavy atom. The van der Waals surface area contributed by atoms with Crippen LogP contribution in [0.3, 0.4) is 0 Å². The molecule has 3 amide bonds. The van der Waals surface area contributed by atoms with Crippen molar-refractivity contribution in [1.29, 1.82) is 0 Å². The Morgan fingerprint density at radius 1 is 1.16 bits per heavy atom. The van der Waals surface area contributed by atoms with Crippen molar-refractivity contribution in [3.05, 3.63) is 52.9 Å². The standard InChI is InChI=1S/C23H22N2O6S/c1-14(2)12-29-17-6-3-15(4-7-17)9-20-22(27)25(23(28)32-20)11-21(26)24-16-5-8-18-19(10-16)31-13-30-18/h3-10,14H,11-13H2,1-2H3,(H,24,26)/b20-9+. The number of thioether (sulfide) groups is 1. The highest BCUT2D eigenvalue weighted by Crippen LogP contribution is 2.35. The third-order valence-electron chi connectivity index (χ3n) is 4.59. The fraction of sp³-hybridized carbons (Fsp3) is 0.261. The molecule has 0 bridgehead atoms. The molecule has 0 spiro atoms. The Hall–Kier alpha value is -3.46. The van der Waals surface area contributed by atoms with Gasteiger partial charge >= 0.3 is 0 Å². The molecule has 32 heavy (non-hydrogen) atoms. The van der Waals surface area contributed by atoms with Crippen molar-refractivity contribution in [3.8, 4) is 17.2 Å². The molecule has 1 saturated heterocycles.